The van der Waals surface area contributed by atoms with E-state index in [0.29, 0.717) is 5.15 Å². The minimum absolute atomic E-state index is 0.476. The molecule has 0 fully saturated rings. The van der Waals surface area contributed by atoms with E-state index >= 15 is 0 Å². The molecule has 0 radical (unpaired) electrons. The number of aromatic nitrogens is 4. The van der Waals surface area contributed by atoms with Crippen LogP contribution in [-0.2, 0) is 0 Å². The van der Waals surface area contributed by atoms with Crippen LogP contribution in [0.4, 0.5) is 0 Å². The highest BCUT2D eigenvalue weighted by molar-refractivity contribution is 7.99. The van der Waals surface area contributed by atoms with Gasteiger partial charge in [-0.3, -0.25) is 0 Å². The fourth-order valence-electron chi connectivity index (χ4n) is 1.76. The Morgan fingerprint density at radius 1 is 1.21 bits per heavy atom. The second-order valence-corrected chi connectivity index (χ2v) is 5.59. The molecule has 0 saturated carbocycles. The number of aryl methyl sites for hydroxylation is 1. The summed E-state index contributed by atoms with van der Waals surface area (Å²) in [6.07, 6.45) is 1.46. The molecule has 0 aliphatic heterocycles. The van der Waals surface area contributed by atoms with E-state index in [1.165, 1.54) is 23.7 Å². The molecule has 2 aromatic heterocycles. The molecule has 6 heteroatoms. The van der Waals surface area contributed by atoms with Crippen LogP contribution in [0.25, 0.3) is 11.0 Å². The van der Waals surface area contributed by atoms with Gasteiger partial charge in [-0.1, -0.05) is 17.7 Å². The summed E-state index contributed by atoms with van der Waals surface area (Å²) in [5, 5.41) is 2.10. The maximum absolute atomic E-state index is 5.98. The van der Waals surface area contributed by atoms with Gasteiger partial charge < -0.3 is 4.98 Å². The number of nitrogens with zero attached hydrogens (tertiary/aromatic N) is 3. The molecule has 96 valence electrons. The molecule has 0 atom stereocenters. The summed E-state index contributed by atoms with van der Waals surface area (Å²) in [4.78, 5) is 16.0. The molecule has 0 spiro atoms. The molecule has 4 nitrogen and oxygen atoms in total. The molecule has 0 amide bonds. The van der Waals surface area contributed by atoms with Crippen molar-refractivity contribution >= 4 is 34.4 Å². The SMILES string of the molecule is Cc1ccc2nc(Sc3ncnc(Cl)c3C)[nH]c2c1. The van der Waals surface area contributed by atoms with Crippen LogP contribution in [0.15, 0.2) is 34.7 Å². The van der Waals surface area contributed by atoms with Gasteiger partial charge in [0.15, 0.2) is 5.16 Å². The molecular weight excluding hydrogens is 280 g/mol. The normalized spacial score (nSPS) is 11.1. The van der Waals surface area contributed by atoms with E-state index in [2.05, 4.69) is 32.9 Å². The maximum Gasteiger partial charge on any atom is 0.172 e. The molecule has 1 aromatic carbocycles. The molecule has 0 aliphatic rings. The predicted octanol–water partition coefficient (Wildman–Crippen LogP) is 3.77. The van der Waals surface area contributed by atoms with Crippen molar-refractivity contribution in [3.05, 3.63) is 40.8 Å². The number of rotatable bonds is 2. The largest absolute Gasteiger partial charge is 0.333 e. The van der Waals surface area contributed by atoms with Crippen LogP contribution in [0, 0.1) is 13.8 Å². The fraction of sp³-hybridized carbons (Fsp3) is 0.154. The van der Waals surface area contributed by atoms with Crippen molar-refractivity contribution in [3.63, 3.8) is 0 Å². The average molecular weight is 291 g/mol. The van der Waals surface area contributed by atoms with Gasteiger partial charge >= 0.3 is 0 Å². The first kappa shape index (κ1) is 12.4. The van der Waals surface area contributed by atoms with Crippen LogP contribution in [-0.4, -0.2) is 19.9 Å². The van der Waals surface area contributed by atoms with Crippen molar-refractivity contribution < 1.29 is 0 Å². The van der Waals surface area contributed by atoms with Gasteiger partial charge in [0.1, 0.15) is 16.5 Å². The quantitative estimate of drug-likeness (QED) is 0.730. The van der Waals surface area contributed by atoms with Gasteiger partial charge in [0, 0.05) is 5.56 Å². The number of nitrogens with one attached hydrogen (secondary N) is 1. The standard InChI is InChI=1S/C13H11ClN4S/c1-7-3-4-9-10(5-7)18-13(17-9)19-12-8(2)11(14)15-6-16-12/h3-6H,1-2H3,(H,17,18). The van der Waals surface area contributed by atoms with Crippen LogP contribution in [0.2, 0.25) is 5.15 Å². The van der Waals surface area contributed by atoms with Gasteiger partial charge in [0.25, 0.3) is 0 Å². The summed E-state index contributed by atoms with van der Waals surface area (Å²) in [5.74, 6) is 0. The molecule has 3 rings (SSSR count). The zero-order valence-electron chi connectivity index (χ0n) is 10.4. The van der Waals surface area contributed by atoms with E-state index in [-0.39, 0.29) is 0 Å². The molecule has 0 saturated heterocycles. The van der Waals surface area contributed by atoms with Gasteiger partial charge in [-0.2, -0.15) is 0 Å². The van der Waals surface area contributed by atoms with Crippen molar-refractivity contribution in [2.45, 2.75) is 24.0 Å². The first-order chi connectivity index (χ1) is 9.13. The number of fused-ring (bicyclic) bond motifs is 1. The van der Waals surface area contributed by atoms with Crippen molar-refractivity contribution in [1.82, 2.24) is 19.9 Å². The predicted molar refractivity (Wildman–Crippen MR) is 76.7 cm³/mol. The summed E-state index contributed by atoms with van der Waals surface area (Å²) in [6, 6.07) is 6.13. The van der Waals surface area contributed by atoms with Crippen LogP contribution in [0.1, 0.15) is 11.1 Å². The number of benzene rings is 1. The van der Waals surface area contributed by atoms with E-state index in [0.717, 1.165) is 26.8 Å². The third-order valence-corrected chi connectivity index (χ3v) is 4.16. The van der Waals surface area contributed by atoms with Gasteiger partial charge in [0.2, 0.25) is 0 Å². The summed E-state index contributed by atoms with van der Waals surface area (Å²) in [6.45, 7) is 3.96. The number of H-pyrrole nitrogens is 1. The summed E-state index contributed by atoms with van der Waals surface area (Å²) >= 11 is 7.44. The Hall–Kier alpha value is -1.59. The van der Waals surface area contributed by atoms with Crippen LogP contribution in [0.5, 0.6) is 0 Å². The highest BCUT2D eigenvalue weighted by Gasteiger charge is 2.10. The van der Waals surface area contributed by atoms with Gasteiger partial charge in [-0.15, -0.1) is 0 Å². The highest BCUT2D eigenvalue weighted by atomic mass is 35.5. The summed E-state index contributed by atoms with van der Waals surface area (Å²) < 4.78 is 0. The average Bonchev–Trinajstić information content (AvgIpc) is 2.76. The summed E-state index contributed by atoms with van der Waals surface area (Å²) in [5.41, 5.74) is 4.05. The minimum Gasteiger partial charge on any atom is -0.333 e. The minimum atomic E-state index is 0.476. The zero-order valence-corrected chi connectivity index (χ0v) is 12.0. The second-order valence-electron chi connectivity index (χ2n) is 4.26. The number of hydrogen-bond donors (Lipinski definition) is 1. The lowest BCUT2D eigenvalue weighted by Crippen LogP contribution is -1.90. The number of aromatic amines is 1. The second kappa shape index (κ2) is 4.83. The first-order valence-electron chi connectivity index (χ1n) is 5.75. The number of hydrogen-bond acceptors (Lipinski definition) is 4. The van der Waals surface area contributed by atoms with Crippen molar-refractivity contribution in [2.24, 2.45) is 0 Å². The van der Waals surface area contributed by atoms with Crippen molar-refractivity contribution in [2.75, 3.05) is 0 Å². The Labute approximate surface area is 119 Å². The van der Waals surface area contributed by atoms with E-state index < -0.39 is 0 Å². The lowest BCUT2D eigenvalue weighted by molar-refractivity contribution is 0.989. The van der Waals surface area contributed by atoms with E-state index in [4.69, 9.17) is 11.6 Å². The lowest BCUT2D eigenvalue weighted by Gasteiger charge is -2.02. The Bertz CT molecular complexity index is 753. The van der Waals surface area contributed by atoms with E-state index in [1.807, 2.05) is 19.1 Å². The van der Waals surface area contributed by atoms with E-state index in [1.54, 1.807) is 0 Å². The van der Waals surface area contributed by atoms with Crippen LogP contribution in [0.3, 0.4) is 0 Å². The lowest BCUT2D eigenvalue weighted by atomic mass is 10.2. The van der Waals surface area contributed by atoms with Crippen LogP contribution >= 0.6 is 23.4 Å². The van der Waals surface area contributed by atoms with Gasteiger partial charge in [-0.25, -0.2) is 15.0 Å². The molecule has 19 heavy (non-hydrogen) atoms. The molecule has 0 bridgehead atoms. The smallest absolute Gasteiger partial charge is 0.172 e. The molecule has 1 N–H and O–H groups in total. The zero-order chi connectivity index (χ0) is 13.4. The third-order valence-electron chi connectivity index (χ3n) is 2.79. The highest BCUT2D eigenvalue weighted by Crippen LogP contribution is 2.30. The van der Waals surface area contributed by atoms with Crippen molar-refractivity contribution in [3.8, 4) is 0 Å². The monoisotopic (exact) mass is 290 g/mol. The van der Waals surface area contributed by atoms with E-state index in [9.17, 15) is 0 Å². The Morgan fingerprint density at radius 2 is 2.05 bits per heavy atom. The van der Waals surface area contributed by atoms with Crippen molar-refractivity contribution in [1.29, 1.82) is 0 Å². The van der Waals surface area contributed by atoms with Gasteiger partial charge in [0.05, 0.1) is 11.0 Å². The number of imidazole rings is 1. The Balaban J connectivity index is 1.99. The molecular formula is C13H11ClN4S. The first-order valence-corrected chi connectivity index (χ1v) is 6.94. The molecule has 0 aliphatic carbocycles. The summed E-state index contributed by atoms with van der Waals surface area (Å²) in [7, 11) is 0. The Kier molecular flexibility index (Phi) is 3.16. The third kappa shape index (κ3) is 2.43. The fourth-order valence-corrected chi connectivity index (χ4v) is 2.78. The topological polar surface area (TPSA) is 54.5 Å². The maximum atomic E-state index is 5.98. The molecule has 2 heterocycles. The molecule has 3 aromatic rings. The Morgan fingerprint density at radius 3 is 2.89 bits per heavy atom. The number of halogens is 1. The van der Waals surface area contributed by atoms with Crippen LogP contribution < -0.4 is 0 Å². The molecule has 0 unspecified atom stereocenters. The van der Waals surface area contributed by atoms with Gasteiger partial charge in [-0.05, 0) is 43.3 Å².